The molecule has 1 atom stereocenters. The van der Waals surface area contributed by atoms with Crippen molar-refractivity contribution >= 4 is 17.3 Å². The fourth-order valence-electron chi connectivity index (χ4n) is 1.79. The smallest absolute Gasteiger partial charge is 0.340 e. The Kier molecular flexibility index (Phi) is 4.95. The van der Waals surface area contributed by atoms with Crippen molar-refractivity contribution in [2.45, 2.75) is 39.2 Å². The van der Waals surface area contributed by atoms with E-state index in [4.69, 9.17) is 10.8 Å². The zero-order valence-corrected chi connectivity index (χ0v) is 10.7. The summed E-state index contributed by atoms with van der Waals surface area (Å²) in [6.07, 6.45) is 3.05. The van der Waals surface area contributed by atoms with Gasteiger partial charge < -0.3 is 16.2 Å². The van der Waals surface area contributed by atoms with Gasteiger partial charge in [-0.05, 0) is 25.5 Å². The van der Waals surface area contributed by atoms with Crippen molar-refractivity contribution in [3.8, 4) is 0 Å². The van der Waals surface area contributed by atoms with Crippen molar-refractivity contribution in [2.75, 3.05) is 11.1 Å². The number of hydrogen-bond acceptors (Lipinski definition) is 3. The zero-order chi connectivity index (χ0) is 13.7. The van der Waals surface area contributed by atoms with Crippen LogP contribution in [0.2, 0.25) is 0 Å². The number of anilines is 2. The van der Waals surface area contributed by atoms with E-state index >= 15 is 0 Å². The second kappa shape index (κ2) is 6.23. The number of benzene rings is 1. The lowest BCUT2D eigenvalue weighted by Gasteiger charge is -2.17. The number of nitrogen functional groups attached to an aromatic ring is 1. The number of carboxylic acid groups (broad SMARTS) is 1. The molecule has 4 N–H and O–H groups in total. The highest BCUT2D eigenvalue weighted by atomic mass is 19.1. The summed E-state index contributed by atoms with van der Waals surface area (Å²) >= 11 is 0. The molecule has 1 unspecified atom stereocenters. The number of nitrogens with two attached hydrogens (primary N) is 1. The molecule has 1 rings (SSSR count). The number of nitrogens with one attached hydrogen (secondary N) is 1. The highest BCUT2D eigenvalue weighted by Crippen LogP contribution is 2.26. The Labute approximate surface area is 106 Å². The van der Waals surface area contributed by atoms with Crippen LogP contribution in [-0.2, 0) is 0 Å². The predicted molar refractivity (Wildman–Crippen MR) is 70.4 cm³/mol. The first-order valence-corrected chi connectivity index (χ1v) is 6.05. The fraction of sp³-hybridized carbons (Fsp3) is 0.462. The molecule has 0 fully saturated rings. The molecule has 1 aromatic carbocycles. The molecule has 0 amide bonds. The SMILES string of the molecule is CCCCC(C)Nc1ccc(F)c(N)c1C(=O)O. The number of hydrogen-bond donors (Lipinski definition) is 3. The second-order valence-corrected chi connectivity index (χ2v) is 4.38. The molecule has 0 heterocycles. The molecule has 0 aromatic heterocycles. The summed E-state index contributed by atoms with van der Waals surface area (Å²) < 4.78 is 13.2. The van der Waals surface area contributed by atoms with Crippen molar-refractivity contribution in [3.05, 3.63) is 23.5 Å². The maximum Gasteiger partial charge on any atom is 0.340 e. The molecule has 0 bridgehead atoms. The second-order valence-electron chi connectivity index (χ2n) is 4.38. The van der Waals surface area contributed by atoms with Gasteiger partial charge in [0.05, 0.1) is 11.4 Å². The van der Waals surface area contributed by atoms with Gasteiger partial charge in [-0.2, -0.15) is 0 Å². The number of aromatic carboxylic acids is 1. The van der Waals surface area contributed by atoms with Crippen LogP contribution in [0.15, 0.2) is 12.1 Å². The summed E-state index contributed by atoms with van der Waals surface area (Å²) in [4.78, 5) is 11.1. The van der Waals surface area contributed by atoms with E-state index in [1.165, 1.54) is 12.1 Å². The standard InChI is InChI=1S/C13H19FN2O2/c1-3-4-5-8(2)16-10-7-6-9(14)12(15)11(10)13(17)18/h6-8,16H,3-5,15H2,1-2H3,(H,17,18). The summed E-state index contributed by atoms with van der Waals surface area (Å²) in [7, 11) is 0. The predicted octanol–water partition coefficient (Wildman–Crippen LogP) is 3.10. The molecular formula is C13H19FN2O2. The third-order valence-corrected chi connectivity index (χ3v) is 2.80. The molecule has 5 heteroatoms. The van der Waals surface area contributed by atoms with E-state index in [0.717, 1.165) is 19.3 Å². The monoisotopic (exact) mass is 254 g/mol. The summed E-state index contributed by atoms with van der Waals surface area (Å²) in [6, 6.07) is 2.71. The zero-order valence-electron chi connectivity index (χ0n) is 10.7. The van der Waals surface area contributed by atoms with Crippen molar-refractivity contribution in [1.82, 2.24) is 0 Å². The maximum absolute atomic E-state index is 13.2. The van der Waals surface area contributed by atoms with Crippen LogP contribution >= 0.6 is 0 Å². The number of unbranched alkanes of at least 4 members (excludes halogenated alkanes) is 1. The summed E-state index contributed by atoms with van der Waals surface area (Å²) in [6.45, 7) is 4.05. The van der Waals surface area contributed by atoms with Crippen LogP contribution in [0.4, 0.5) is 15.8 Å². The quantitative estimate of drug-likeness (QED) is 0.682. The summed E-state index contributed by atoms with van der Waals surface area (Å²) in [5, 5.41) is 12.1. The molecule has 0 saturated carbocycles. The lowest BCUT2D eigenvalue weighted by Crippen LogP contribution is -2.18. The number of rotatable bonds is 6. The number of carboxylic acids is 1. The van der Waals surface area contributed by atoms with Gasteiger partial charge in [0.2, 0.25) is 0 Å². The van der Waals surface area contributed by atoms with Gasteiger partial charge in [-0.25, -0.2) is 9.18 Å². The molecule has 4 nitrogen and oxygen atoms in total. The van der Waals surface area contributed by atoms with Crippen LogP contribution in [0.25, 0.3) is 0 Å². The molecule has 100 valence electrons. The number of carbonyl (C=O) groups is 1. The van der Waals surface area contributed by atoms with Gasteiger partial charge in [0.25, 0.3) is 0 Å². The Balaban J connectivity index is 2.95. The van der Waals surface area contributed by atoms with Gasteiger partial charge in [0.1, 0.15) is 11.4 Å². The van der Waals surface area contributed by atoms with Gasteiger partial charge in [0.15, 0.2) is 0 Å². The van der Waals surface area contributed by atoms with E-state index in [9.17, 15) is 9.18 Å². The van der Waals surface area contributed by atoms with Gasteiger partial charge in [-0.1, -0.05) is 19.8 Å². The molecule has 0 saturated heterocycles. The molecule has 0 aliphatic heterocycles. The normalized spacial score (nSPS) is 12.2. The molecule has 0 aliphatic rings. The first-order valence-electron chi connectivity index (χ1n) is 6.05. The van der Waals surface area contributed by atoms with E-state index in [0.29, 0.717) is 5.69 Å². The van der Waals surface area contributed by atoms with E-state index < -0.39 is 11.8 Å². The van der Waals surface area contributed by atoms with Crippen LogP contribution in [0.3, 0.4) is 0 Å². The van der Waals surface area contributed by atoms with Crippen molar-refractivity contribution in [2.24, 2.45) is 0 Å². The molecule has 0 radical (unpaired) electrons. The topological polar surface area (TPSA) is 75.3 Å². The minimum atomic E-state index is -1.22. The Hall–Kier alpha value is -1.78. The lowest BCUT2D eigenvalue weighted by molar-refractivity contribution is 0.0698. The third-order valence-electron chi connectivity index (χ3n) is 2.80. The van der Waals surface area contributed by atoms with Crippen molar-refractivity contribution in [1.29, 1.82) is 0 Å². The Bertz CT molecular complexity index is 435. The molecule has 1 aromatic rings. The minimum absolute atomic E-state index is 0.118. The average Bonchev–Trinajstić information content (AvgIpc) is 2.31. The van der Waals surface area contributed by atoms with E-state index in [1.54, 1.807) is 0 Å². The first-order chi connectivity index (χ1) is 8.47. The molecular weight excluding hydrogens is 235 g/mol. The van der Waals surface area contributed by atoms with Gasteiger partial charge in [-0.15, -0.1) is 0 Å². The minimum Gasteiger partial charge on any atom is -0.478 e. The van der Waals surface area contributed by atoms with E-state index in [2.05, 4.69) is 12.2 Å². The van der Waals surface area contributed by atoms with Crippen molar-refractivity contribution < 1.29 is 14.3 Å². The molecule has 18 heavy (non-hydrogen) atoms. The van der Waals surface area contributed by atoms with Crippen LogP contribution in [-0.4, -0.2) is 17.1 Å². The molecule has 0 spiro atoms. The van der Waals surface area contributed by atoms with Crippen molar-refractivity contribution in [3.63, 3.8) is 0 Å². The fourth-order valence-corrected chi connectivity index (χ4v) is 1.79. The van der Waals surface area contributed by atoms with Crippen LogP contribution in [0.5, 0.6) is 0 Å². The maximum atomic E-state index is 13.2. The van der Waals surface area contributed by atoms with E-state index in [1.807, 2.05) is 6.92 Å². The van der Waals surface area contributed by atoms with Crippen LogP contribution < -0.4 is 11.1 Å². The Morgan fingerprint density at radius 1 is 1.56 bits per heavy atom. The summed E-state index contributed by atoms with van der Waals surface area (Å²) in [5.41, 5.74) is 5.31. The van der Waals surface area contributed by atoms with Crippen LogP contribution in [0.1, 0.15) is 43.5 Å². The van der Waals surface area contributed by atoms with E-state index in [-0.39, 0.29) is 17.3 Å². The molecule has 0 aliphatic carbocycles. The van der Waals surface area contributed by atoms with Gasteiger partial charge in [-0.3, -0.25) is 0 Å². The highest BCUT2D eigenvalue weighted by molar-refractivity contribution is 6.00. The first kappa shape index (κ1) is 14.3. The third kappa shape index (κ3) is 3.35. The van der Waals surface area contributed by atoms with Crippen LogP contribution in [0, 0.1) is 5.82 Å². The highest BCUT2D eigenvalue weighted by Gasteiger charge is 2.18. The Morgan fingerprint density at radius 2 is 2.22 bits per heavy atom. The summed E-state index contributed by atoms with van der Waals surface area (Å²) in [5.74, 6) is -1.93. The number of halogens is 1. The van der Waals surface area contributed by atoms with Gasteiger partial charge >= 0.3 is 5.97 Å². The average molecular weight is 254 g/mol. The lowest BCUT2D eigenvalue weighted by atomic mass is 10.1. The Morgan fingerprint density at radius 3 is 2.78 bits per heavy atom. The van der Waals surface area contributed by atoms with Gasteiger partial charge in [0, 0.05) is 6.04 Å². The largest absolute Gasteiger partial charge is 0.478 e.